The number of hydrogen-bond acceptors (Lipinski definition) is 2. The van der Waals surface area contributed by atoms with Crippen LogP contribution in [0.25, 0.3) is 0 Å². The van der Waals surface area contributed by atoms with Crippen molar-refractivity contribution in [1.29, 1.82) is 0 Å². The lowest BCUT2D eigenvalue weighted by Gasteiger charge is -2.03. The fourth-order valence-corrected chi connectivity index (χ4v) is 3.01. The van der Waals surface area contributed by atoms with Gasteiger partial charge in [0.15, 0.2) is 0 Å². The van der Waals surface area contributed by atoms with E-state index >= 15 is 0 Å². The van der Waals surface area contributed by atoms with Crippen molar-refractivity contribution in [3.8, 4) is 0 Å². The van der Waals surface area contributed by atoms with E-state index < -0.39 is 0 Å². The molecule has 0 saturated heterocycles. The van der Waals surface area contributed by atoms with Crippen LogP contribution in [0.15, 0.2) is 12.2 Å². The van der Waals surface area contributed by atoms with Crippen LogP contribution in [0.1, 0.15) is 13.3 Å². The van der Waals surface area contributed by atoms with E-state index in [0.29, 0.717) is 13.7 Å². The van der Waals surface area contributed by atoms with Crippen LogP contribution in [0.5, 0.6) is 0 Å². The topological polar surface area (TPSA) is 26.3 Å². The normalized spacial score (nSPS) is 10.2. The SMILES string of the molecule is C=C(C)C(=O)OCCC[Si]C(I)I. The highest BCUT2D eigenvalue weighted by Crippen LogP contribution is 2.10. The summed E-state index contributed by atoms with van der Waals surface area (Å²) in [7, 11) is 0.946. The number of carbonyl (C=O) groups excluding carboxylic acids is 1. The van der Waals surface area contributed by atoms with Gasteiger partial charge in [-0.05, 0) is 13.3 Å². The van der Waals surface area contributed by atoms with Crippen molar-refractivity contribution in [3.63, 3.8) is 0 Å². The van der Waals surface area contributed by atoms with Crippen LogP contribution < -0.4 is 0 Å². The van der Waals surface area contributed by atoms with E-state index in [9.17, 15) is 4.79 Å². The Labute approximate surface area is 109 Å². The zero-order valence-corrected chi connectivity index (χ0v) is 12.8. The van der Waals surface area contributed by atoms with Crippen LogP contribution >= 0.6 is 45.2 Å². The van der Waals surface area contributed by atoms with Gasteiger partial charge in [0.05, 0.1) is 17.7 Å². The lowest BCUT2D eigenvalue weighted by molar-refractivity contribution is -0.138. The Morgan fingerprint density at radius 3 is 2.69 bits per heavy atom. The Morgan fingerprint density at radius 1 is 1.62 bits per heavy atom. The third-order valence-electron chi connectivity index (χ3n) is 1.20. The number of hydrogen-bond donors (Lipinski definition) is 0. The van der Waals surface area contributed by atoms with Gasteiger partial charge in [0.2, 0.25) is 0 Å². The van der Waals surface area contributed by atoms with E-state index in [-0.39, 0.29) is 5.97 Å². The van der Waals surface area contributed by atoms with Crippen LogP contribution in [-0.2, 0) is 9.53 Å². The average Bonchev–Trinajstić information content (AvgIpc) is 2.02. The van der Waals surface area contributed by atoms with Crippen molar-refractivity contribution in [2.75, 3.05) is 6.61 Å². The Morgan fingerprint density at radius 2 is 2.23 bits per heavy atom. The number of alkyl halides is 2. The Kier molecular flexibility index (Phi) is 8.78. The highest BCUT2D eigenvalue weighted by atomic mass is 127. The zero-order chi connectivity index (χ0) is 10.3. The molecule has 0 aromatic rings. The molecule has 74 valence electrons. The van der Waals surface area contributed by atoms with Gasteiger partial charge in [-0.25, -0.2) is 4.79 Å². The molecular formula is C8H12I2O2Si. The van der Waals surface area contributed by atoms with Gasteiger partial charge in [-0.15, -0.1) is 0 Å². The van der Waals surface area contributed by atoms with E-state index in [1.165, 1.54) is 0 Å². The maximum absolute atomic E-state index is 10.9. The van der Waals surface area contributed by atoms with Crippen molar-refractivity contribution in [2.24, 2.45) is 0 Å². The van der Waals surface area contributed by atoms with E-state index in [4.69, 9.17) is 4.74 Å². The number of ether oxygens (including phenoxy) is 1. The molecule has 0 atom stereocenters. The van der Waals surface area contributed by atoms with Gasteiger partial charge >= 0.3 is 5.97 Å². The second-order valence-electron chi connectivity index (χ2n) is 2.52. The maximum atomic E-state index is 10.9. The van der Waals surface area contributed by atoms with Gasteiger partial charge in [-0.2, -0.15) is 0 Å². The molecule has 2 nitrogen and oxygen atoms in total. The first-order chi connectivity index (χ1) is 6.04. The second kappa shape index (κ2) is 8.22. The lowest BCUT2D eigenvalue weighted by atomic mass is 10.4. The third kappa shape index (κ3) is 9.20. The van der Waals surface area contributed by atoms with E-state index in [0.717, 1.165) is 22.0 Å². The summed E-state index contributed by atoms with van der Waals surface area (Å²) in [6.07, 6.45) is 0.958. The molecule has 0 unspecified atom stereocenters. The maximum Gasteiger partial charge on any atom is 0.333 e. The standard InChI is InChI=1S/C8H12I2O2Si/c1-6(2)7(11)12-4-3-5-13-8(9)10/h8H,1,3-5H2,2H3. The van der Waals surface area contributed by atoms with Gasteiger partial charge in [0.25, 0.3) is 0 Å². The lowest BCUT2D eigenvalue weighted by Crippen LogP contribution is -2.08. The van der Waals surface area contributed by atoms with E-state index in [1.54, 1.807) is 6.92 Å². The molecular weight excluding hydrogens is 410 g/mol. The Balaban J connectivity index is 3.26. The number of esters is 1. The van der Waals surface area contributed by atoms with Gasteiger partial charge in [0, 0.05) is 5.57 Å². The molecule has 0 heterocycles. The fourth-order valence-electron chi connectivity index (χ4n) is 0.571. The summed E-state index contributed by atoms with van der Waals surface area (Å²) in [5.41, 5.74) is 0.475. The van der Waals surface area contributed by atoms with Crippen molar-refractivity contribution in [2.45, 2.75) is 20.9 Å². The highest BCUT2D eigenvalue weighted by Gasteiger charge is 2.03. The minimum atomic E-state index is -0.274. The van der Waals surface area contributed by atoms with Gasteiger partial charge in [-0.1, -0.05) is 57.8 Å². The molecule has 0 aliphatic carbocycles. The van der Waals surface area contributed by atoms with E-state index in [2.05, 4.69) is 51.8 Å². The number of halogens is 2. The molecule has 5 heteroatoms. The third-order valence-corrected chi connectivity index (χ3v) is 4.79. The fraction of sp³-hybridized carbons (Fsp3) is 0.625. The molecule has 0 rings (SSSR count). The van der Waals surface area contributed by atoms with Crippen LogP contribution in [0.3, 0.4) is 0 Å². The Bertz CT molecular complexity index is 183. The van der Waals surface area contributed by atoms with Crippen molar-refractivity contribution >= 4 is 60.7 Å². The summed E-state index contributed by atoms with van der Waals surface area (Å²) in [6.45, 7) is 5.70. The summed E-state index contributed by atoms with van der Waals surface area (Å²) < 4.78 is 5.65. The minimum absolute atomic E-state index is 0.274. The summed E-state index contributed by atoms with van der Waals surface area (Å²) in [6, 6.07) is 1.14. The van der Waals surface area contributed by atoms with Crippen LogP contribution in [0.4, 0.5) is 0 Å². The van der Waals surface area contributed by atoms with Crippen molar-refractivity contribution < 1.29 is 9.53 Å². The Hall–Kier alpha value is 0.887. The molecule has 13 heavy (non-hydrogen) atoms. The first-order valence-corrected chi connectivity index (χ1v) is 7.65. The van der Waals surface area contributed by atoms with Gasteiger partial charge < -0.3 is 4.74 Å². The van der Waals surface area contributed by atoms with Crippen LogP contribution in [0, 0.1) is 0 Å². The molecule has 0 aliphatic rings. The first-order valence-electron chi connectivity index (χ1n) is 3.88. The zero-order valence-electron chi connectivity index (χ0n) is 7.48. The van der Waals surface area contributed by atoms with Crippen molar-refractivity contribution in [1.82, 2.24) is 0 Å². The molecule has 0 aromatic heterocycles. The summed E-state index contributed by atoms with van der Waals surface area (Å²) in [4.78, 5) is 10.9. The van der Waals surface area contributed by atoms with Crippen LogP contribution in [-0.4, -0.2) is 23.7 Å². The van der Waals surface area contributed by atoms with Crippen LogP contribution in [0.2, 0.25) is 6.04 Å². The summed E-state index contributed by atoms with van der Waals surface area (Å²) >= 11 is 4.79. The predicted octanol–water partition coefficient (Wildman–Crippen LogP) is 2.77. The molecule has 0 spiro atoms. The molecule has 0 bridgehead atoms. The predicted molar refractivity (Wildman–Crippen MR) is 72.8 cm³/mol. The molecule has 0 fully saturated rings. The molecule has 0 saturated carbocycles. The molecule has 0 N–H and O–H groups in total. The van der Waals surface area contributed by atoms with Gasteiger partial charge in [-0.3, -0.25) is 0 Å². The average molecular weight is 422 g/mol. The highest BCUT2D eigenvalue weighted by molar-refractivity contribution is 14.2. The van der Waals surface area contributed by atoms with E-state index in [1.807, 2.05) is 0 Å². The summed E-state index contributed by atoms with van der Waals surface area (Å²) in [5, 5.41) is 0. The quantitative estimate of drug-likeness (QED) is 0.164. The van der Waals surface area contributed by atoms with Gasteiger partial charge in [0.1, 0.15) is 0 Å². The number of rotatable bonds is 6. The first kappa shape index (κ1) is 13.9. The summed E-state index contributed by atoms with van der Waals surface area (Å²) in [5.74, 6) is -0.274. The molecule has 2 radical (unpaired) electrons. The molecule has 0 aliphatic heterocycles. The molecule has 0 amide bonds. The second-order valence-corrected chi connectivity index (χ2v) is 11.2. The minimum Gasteiger partial charge on any atom is -0.462 e. The monoisotopic (exact) mass is 422 g/mol. The number of carbonyl (C=O) groups is 1. The van der Waals surface area contributed by atoms with Crippen molar-refractivity contribution in [3.05, 3.63) is 12.2 Å². The molecule has 0 aromatic carbocycles. The smallest absolute Gasteiger partial charge is 0.333 e. The largest absolute Gasteiger partial charge is 0.462 e.